The first-order valence-electron chi connectivity index (χ1n) is 8.36. The number of hydrogen-bond donors (Lipinski definition) is 1. The number of nitrogens with one attached hydrogen (secondary N) is 1. The van der Waals surface area contributed by atoms with Crippen molar-refractivity contribution in [2.24, 2.45) is 0 Å². The lowest BCUT2D eigenvalue weighted by Crippen LogP contribution is -3.06. The second-order valence-electron chi connectivity index (χ2n) is 6.21. The number of aromatic nitrogens is 1. The molecule has 0 aliphatic heterocycles. The van der Waals surface area contributed by atoms with E-state index >= 15 is 0 Å². The maximum atomic E-state index is 13.0. The summed E-state index contributed by atoms with van der Waals surface area (Å²) in [4.78, 5) is 21.4. The van der Waals surface area contributed by atoms with Crippen LogP contribution in [0.5, 0.6) is 0 Å². The summed E-state index contributed by atoms with van der Waals surface area (Å²) in [6.07, 6.45) is 0. The monoisotopic (exact) mass is 390 g/mol. The molecule has 2 aromatic carbocycles. The highest BCUT2D eigenvalue weighted by atomic mass is 32.2. The fourth-order valence-electron chi connectivity index (χ4n) is 2.39. The Morgan fingerprint density at radius 3 is 2.62 bits per heavy atom. The van der Waals surface area contributed by atoms with E-state index in [-0.39, 0.29) is 11.7 Å². The van der Waals surface area contributed by atoms with Gasteiger partial charge in [0.1, 0.15) is 5.82 Å². The van der Waals surface area contributed by atoms with Gasteiger partial charge in [-0.2, -0.15) is 0 Å². The van der Waals surface area contributed by atoms with Crippen molar-refractivity contribution in [3.05, 3.63) is 54.3 Å². The minimum atomic E-state index is -0.272. The number of amides is 1. The normalized spacial score (nSPS) is 11.2. The second-order valence-corrected chi connectivity index (χ2v) is 8.27. The van der Waals surface area contributed by atoms with Gasteiger partial charge >= 0.3 is 0 Å². The van der Waals surface area contributed by atoms with E-state index in [9.17, 15) is 9.18 Å². The smallest absolute Gasteiger partial charge is 0.239 e. The van der Waals surface area contributed by atoms with E-state index < -0.39 is 0 Å². The highest BCUT2D eigenvalue weighted by Gasteiger charge is 2.20. The lowest BCUT2D eigenvalue weighted by molar-refractivity contribution is -0.856. The molecule has 0 unspecified atom stereocenters. The highest BCUT2D eigenvalue weighted by molar-refractivity contribution is 8.00. The molecule has 3 aromatic rings. The van der Waals surface area contributed by atoms with Crippen LogP contribution in [0.3, 0.4) is 0 Å². The van der Waals surface area contributed by atoms with E-state index in [4.69, 9.17) is 0 Å². The van der Waals surface area contributed by atoms with Crippen LogP contribution in [-0.4, -0.2) is 43.8 Å². The Labute approximate surface area is 160 Å². The minimum absolute atomic E-state index is 0.0135. The molecule has 0 spiro atoms. The average Bonchev–Trinajstić information content (AvgIpc) is 3.05. The van der Waals surface area contributed by atoms with Crippen LogP contribution >= 0.6 is 23.1 Å². The van der Waals surface area contributed by atoms with Crippen LogP contribution in [-0.2, 0) is 4.79 Å². The molecule has 0 saturated carbocycles. The Balaban J connectivity index is 1.75. The third-order valence-corrected chi connectivity index (χ3v) is 5.88. The van der Waals surface area contributed by atoms with Crippen LogP contribution in [0.1, 0.15) is 0 Å². The average molecular weight is 391 g/mol. The number of halogens is 1. The van der Waals surface area contributed by atoms with Crippen molar-refractivity contribution in [2.75, 3.05) is 37.8 Å². The molecule has 1 heterocycles. The molecule has 3 rings (SSSR count). The van der Waals surface area contributed by atoms with Crippen LogP contribution in [0.2, 0.25) is 0 Å². The van der Waals surface area contributed by atoms with Gasteiger partial charge in [-0.25, -0.2) is 9.37 Å². The Bertz CT molecular complexity index is 847. The largest absolute Gasteiger partial charge is 0.338 e. The lowest BCUT2D eigenvalue weighted by Gasteiger charge is -2.20. The quantitative estimate of drug-likeness (QED) is 0.631. The number of nitrogens with zero attached hydrogens (tertiary/aromatic N) is 2. The molecule has 1 amide bonds. The number of anilines is 1. The summed E-state index contributed by atoms with van der Waals surface area (Å²) in [5, 5.41) is 0.733. The number of rotatable bonds is 7. The highest BCUT2D eigenvalue weighted by Crippen LogP contribution is 2.29. The van der Waals surface area contributed by atoms with Gasteiger partial charge in [0.2, 0.25) is 5.91 Å². The Morgan fingerprint density at radius 2 is 1.92 bits per heavy atom. The van der Waals surface area contributed by atoms with Crippen LogP contribution in [0.4, 0.5) is 9.52 Å². The summed E-state index contributed by atoms with van der Waals surface area (Å²) in [5.41, 5.74) is 0.911. The van der Waals surface area contributed by atoms with Crippen LogP contribution in [0.25, 0.3) is 10.2 Å². The number of thioether (sulfide) groups is 1. The molecule has 136 valence electrons. The summed E-state index contributed by atoms with van der Waals surface area (Å²) in [7, 11) is 4.13. The number of fused-ring (bicyclic) bond motifs is 1. The fourth-order valence-corrected chi connectivity index (χ4v) is 4.18. The van der Waals surface area contributed by atoms with E-state index in [1.54, 1.807) is 17.0 Å². The standard InChI is InChI=1S/C19H20FN3OS2/c1-22(2)11-12-23(19-21-16-5-3-4-6-17(16)26-19)18(24)13-25-15-9-7-14(20)8-10-15/h3-10H,11-13H2,1-2H3/p+1. The van der Waals surface area contributed by atoms with Gasteiger partial charge in [-0.15, -0.1) is 11.8 Å². The molecular formula is C19H21FN3OS2+. The van der Waals surface area contributed by atoms with Gasteiger partial charge in [-0.3, -0.25) is 9.69 Å². The predicted molar refractivity (Wildman–Crippen MR) is 107 cm³/mol. The van der Waals surface area contributed by atoms with E-state index in [1.165, 1.54) is 40.1 Å². The van der Waals surface area contributed by atoms with E-state index in [0.29, 0.717) is 12.3 Å². The fraction of sp³-hybridized carbons (Fsp3) is 0.263. The number of quaternary nitrogens is 1. The zero-order valence-corrected chi connectivity index (χ0v) is 16.4. The molecule has 7 heteroatoms. The molecule has 0 aliphatic carbocycles. The molecule has 0 saturated heterocycles. The molecule has 0 bridgehead atoms. The third-order valence-electron chi connectivity index (χ3n) is 3.83. The van der Waals surface area contributed by atoms with E-state index in [1.807, 2.05) is 24.3 Å². The Kier molecular flexibility index (Phi) is 6.24. The summed E-state index contributed by atoms with van der Waals surface area (Å²) >= 11 is 2.95. The number of hydrogen-bond acceptors (Lipinski definition) is 4. The predicted octanol–water partition coefficient (Wildman–Crippen LogP) is 2.71. The van der Waals surface area contributed by atoms with Gasteiger partial charge in [-0.05, 0) is 36.4 Å². The first-order valence-corrected chi connectivity index (χ1v) is 10.2. The Morgan fingerprint density at radius 1 is 1.19 bits per heavy atom. The molecule has 1 aromatic heterocycles. The molecule has 0 atom stereocenters. The first-order chi connectivity index (χ1) is 12.5. The topological polar surface area (TPSA) is 37.6 Å². The van der Waals surface area contributed by atoms with Gasteiger partial charge in [0.05, 0.1) is 43.2 Å². The van der Waals surface area contributed by atoms with Crippen LogP contribution < -0.4 is 9.80 Å². The second kappa shape index (κ2) is 8.62. The summed E-state index contributed by atoms with van der Waals surface area (Å²) in [6, 6.07) is 14.1. The first kappa shape index (κ1) is 18.8. The van der Waals surface area contributed by atoms with Gasteiger partial charge in [-0.1, -0.05) is 23.5 Å². The summed E-state index contributed by atoms with van der Waals surface area (Å²) in [6.45, 7) is 1.45. The van der Waals surface area contributed by atoms with E-state index in [0.717, 1.165) is 26.8 Å². The minimum Gasteiger partial charge on any atom is -0.338 e. The van der Waals surface area contributed by atoms with Gasteiger partial charge in [0, 0.05) is 4.90 Å². The van der Waals surface area contributed by atoms with Crippen molar-refractivity contribution in [3.63, 3.8) is 0 Å². The molecular weight excluding hydrogens is 369 g/mol. The van der Waals surface area contributed by atoms with Crippen molar-refractivity contribution >= 4 is 44.4 Å². The van der Waals surface area contributed by atoms with Crippen molar-refractivity contribution in [1.82, 2.24) is 4.98 Å². The summed E-state index contributed by atoms with van der Waals surface area (Å²) < 4.78 is 14.1. The van der Waals surface area contributed by atoms with Gasteiger partial charge in [0.15, 0.2) is 5.13 Å². The molecule has 0 aliphatic rings. The van der Waals surface area contributed by atoms with Gasteiger partial charge < -0.3 is 4.90 Å². The lowest BCUT2D eigenvalue weighted by atomic mass is 10.3. The summed E-state index contributed by atoms with van der Waals surface area (Å²) in [5.74, 6) is 0.0370. The molecule has 1 N–H and O–H groups in total. The molecule has 0 radical (unpaired) electrons. The molecule has 26 heavy (non-hydrogen) atoms. The SMILES string of the molecule is C[NH+](C)CCN(C(=O)CSc1ccc(F)cc1)c1nc2ccccc2s1. The van der Waals surface area contributed by atoms with E-state index in [2.05, 4.69) is 19.1 Å². The zero-order valence-electron chi connectivity index (χ0n) is 14.7. The zero-order chi connectivity index (χ0) is 18.5. The van der Waals surface area contributed by atoms with Crippen LogP contribution in [0, 0.1) is 5.82 Å². The number of thiazole rings is 1. The maximum Gasteiger partial charge on any atom is 0.239 e. The van der Waals surface area contributed by atoms with Crippen molar-refractivity contribution < 1.29 is 14.1 Å². The molecule has 0 fully saturated rings. The Hall–Kier alpha value is -1.96. The van der Waals surface area contributed by atoms with Crippen molar-refractivity contribution in [3.8, 4) is 0 Å². The van der Waals surface area contributed by atoms with Gasteiger partial charge in [0.25, 0.3) is 0 Å². The number of benzene rings is 2. The van der Waals surface area contributed by atoms with Crippen molar-refractivity contribution in [2.45, 2.75) is 4.90 Å². The third kappa shape index (κ3) is 4.81. The number of carbonyl (C=O) groups excluding carboxylic acids is 1. The number of likely N-dealkylation sites (N-methyl/N-ethyl adjacent to an activating group) is 1. The van der Waals surface area contributed by atoms with Crippen LogP contribution in [0.15, 0.2) is 53.4 Å². The van der Waals surface area contributed by atoms with Crippen molar-refractivity contribution in [1.29, 1.82) is 0 Å². The maximum absolute atomic E-state index is 13.0. The number of para-hydroxylation sites is 1. The number of carbonyl (C=O) groups is 1. The molecule has 4 nitrogen and oxygen atoms in total.